The van der Waals surface area contributed by atoms with E-state index in [9.17, 15) is 5.11 Å². The van der Waals surface area contributed by atoms with E-state index in [2.05, 4.69) is 29.8 Å². The average Bonchev–Trinajstić information content (AvgIpc) is 3.28. The first kappa shape index (κ1) is 18.2. The second-order valence-electron chi connectivity index (χ2n) is 11.0. The average molecular weight is 371 g/mol. The second kappa shape index (κ2) is 6.61. The summed E-state index contributed by atoms with van der Waals surface area (Å²) in [6.07, 6.45) is 17.3. The van der Waals surface area contributed by atoms with Crippen LogP contribution >= 0.6 is 0 Å². The van der Waals surface area contributed by atoms with E-state index < -0.39 is 0 Å². The smallest absolute Gasteiger partial charge is 0.0543 e. The van der Waals surface area contributed by atoms with Crippen LogP contribution in [0.25, 0.3) is 0 Å². The molecule has 3 nitrogen and oxygen atoms in total. The molecule has 1 aromatic heterocycles. The summed E-state index contributed by atoms with van der Waals surface area (Å²) in [6, 6.07) is 2.05. The maximum Gasteiger partial charge on any atom is 0.0543 e. The van der Waals surface area contributed by atoms with Crippen molar-refractivity contribution in [2.24, 2.45) is 40.4 Å². The molecule has 27 heavy (non-hydrogen) atoms. The number of nitrogens with zero attached hydrogens (tertiary/aromatic N) is 2. The van der Waals surface area contributed by atoms with Crippen molar-refractivity contribution in [1.82, 2.24) is 9.78 Å². The molecule has 1 N–H and O–H groups in total. The van der Waals surface area contributed by atoms with Crippen molar-refractivity contribution in [3.05, 3.63) is 18.5 Å². The van der Waals surface area contributed by atoms with Gasteiger partial charge in [-0.15, -0.1) is 0 Å². The summed E-state index contributed by atoms with van der Waals surface area (Å²) in [4.78, 5) is 0. The first-order chi connectivity index (χ1) is 13.0. The number of aryl methyl sites for hydroxylation is 1. The van der Waals surface area contributed by atoms with Crippen LogP contribution in [0.3, 0.4) is 0 Å². The molecule has 4 aliphatic rings. The van der Waals surface area contributed by atoms with Crippen LogP contribution in [0, 0.1) is 40.4 Å². The van der Waals surface area contributed by atoms with Crippen molar-refractivity contribution in [3.63, 3.8) is 0 Å². The molecule has 1 heterocycles. The quantitative estimate of drug-likeness (QED) is 0.785. The highest BCUT2D eigenvalue weighted by atomic mass is 16.3. The SMILES string of the molecule is C[C@]12CC[C@@H](O)C[C@H]1CC[C@@H]1[C@@H]2CC[C@]2(C)[C@@H](CCn3cccn3)CC[C@@H]12. The fourth-order valence-electron chi connectivity index (χ4n) is 8.54. The van der Waals surface area contributed by atoms with Gasteiger partial charge in [-0.25, -0.2) is 0 Å². The maximum atomic E-state index is 10.2. The number of hydrogen-bond donors (Lipinski definition) is 1. The van der Waals surface area contributed by atoms with Crippen molar-refractivity contribution in [2.75, 3.05) is 0 Å². The van der Waals surface area contributed by atoms with E-state index in [0.717, 1.165) is 49.0 Å². The Kier molecular flexibility index (Phi) is 4.46. The summed E-state index contributed by atoms with van der Waals surface area (Å²) >= 11 is 0. The predicted octanol–water partition coefficient (Wildman–Crippen LogP) is 5.29. The number of aliphatic hydroxyl groups excluding tert-OH is 1. The zero-order valence-electron chi connectivity index (χ0n) is 17.3. The van der Waals surface area contributed by atoms with Gasteiger partial charge >= 0.3 is 0 Å². The van der Waals surface area contributed by atoms with Crippen molar-refractivity contribution in [2.45, 2.75) is 90.7 Å². The largest absolute Gasteiger partial charge is 0.393 e. The van der Waals surface area contributed by atoms with Gasteiger partial charge in [0.05, 0.1) is 6.10 Å². The lowest BCUT2D eigenvalue weighted by Gasteiger charge is -2.61. The first-order valence-corrected chi connectivity index (χ1v) is 11.7. The van der Waals surface area contributed by atoms with Gasteiger partial charge in [-0.3, -0.25) is 4.68 Å². The molecule has 8 atom stereocenters. The Bertz CT molecular complexity index is 657. The van der Waals surface area contributed by atoms with Gasteiger partial charge in [0.15, 0.2) is 0 Å². The molecular weight excluding hydrogens is 332 g/mol. The molecule has 0 radical (unpaired) electrons. The van der Waals surface area contributed by atoms with Crippen molar-refractivity contribution < 1.29 is 5.11 Å². The molecule has 0 bridgehead atoms. The third-order valence-corrected chi connectivity index (χ3v) is 10.1. The van der Waals surface area contributed by atoms with Crippen LogP contribution in [-0.4, -0.2) is 21.0 Å². The van der Waals surface area contributed by atoms with Gasteiger partial charge in [-0.05, 0) is 111 Å². The Hall–Kier alpha value is -0.830. The number of aliphatic hydroxyl groups is 1. The van der Waals surface area contributed by atoms with Crippen LogP contribution in [0.15, 0.2) is 18.5 Å². The van der Waals surface area contributed by atoms with Crippen LogP contribution in [0.1, 0.15) is 78.1 Å². The summed E-state index contributed by atoms with van der Waals surface area (Å²) in [7, 11) is 0. The normalized spacial score (nSPS) is 49.3. The lowest BCUT2D eigenvalue weighted by molar-refractivity contribution is -0.127. The molecule has 0 amide bonds. The van der Waals surface area contributed by atoms with E-state index in [1.165, 1.54) is 51.4 Å². The van der Waals surface area contributed by atoms with E-state index in [1.54, 1.807) is 0 Å². The molecule has 5 rings (SSSR count). The van der Waals surface area contributed by atoms with Crippen LogP contribution in [0.2, 0.25) is 0 Å². The van der Waals surface area contributed by atoms with Crippen molar-refractivity contribution in [1.29, 1.82) is 0 Å². The highest BCUT2D eigenvalue weighted by Gasteiger charge is 2.59. The topological polar surface area (TPSA) is 38.0 Å². The zero-order valence-corrected chi connectivity index (χ0v) is 17.3. The summed E-state index contributed by atoms with van der Waals surface area (Å²) in [5.41, 5.74) is 1.07. The van der Waals surface area contributed by atoms with E-state index in [4.69, 9.17) is 0 Å². The number of fused-ring (bicyclic) bond motifs is 5. The molecule has 0 unspecified atom stereocenters. The summed E-state index contributed by atoms with van der Waals surface area (Å²) in [5, 5.41) is 14.6. The molecular formula is C24H38N2O. The Balaban J connectivity index is 1.32. The summed E-state index contributed by atoms with van der Waals surface area (Å²) in [5.74, 6) is 4.49. The molecule has 4 saturated carbocycles. The number of hydrogen-bond acceptors (Lipinski definition) is 2. The third-order valence-electron chi connectivity index (χ3n) is 10.1. The van der Waals surface area contributed by atoms with Gasteiger partial charge in [-0.1, -0.05) is 13.8 Å². The lowest BCUT2D eigenvalue weighted by Crippen LogP contribution is -2.53. The second-order valence-corrected chi connectivity index (χ2v) is 11.0. The standard InChI is InChI=1S/C24H38N2O/c1-23-12-9-22-20(6-4-18-16-19(27)8-11-24(18,22)2)21(23)7-5-17(23)10-15-26-14-3-13-25-26/h3,13-14,17-22,27H,4-12,15-16H2,1-2H3/t17-,18-,19-,20+,21+,22+,23-,24+/m1/s1. The molecule has 150 valence electrons. The van der Waals surface area contributed by atoms with Gasteiger partial charge in [0.1, 0.15) is 0 Å². The molecule has 3 heteroatoms. The van der Waals surface area contributed by atoms with Crippen molar-refractivity contribution >= 4 is 0 Å². The minimum Gasteiger partial charge on any atom is -0.393 e. The van der Waals surface area contributed by atoms with E-state index in [1.807, 2.05) is 12.3 Å². The molecule has 4 aliphatic carbocycles. The van der Waals surface area contributed by atoms with Crippen molar-refractivity contribution in [3.8, 4) is 0 Å². The zero-order chi connectivity index (χ0) is 18.6. The molecule has 0 saturated heterocycles. The summed E-state index contributed by atoms with van der Waals surface area (Å²) < 4.78 is 2.13. The highest BCUT2D eigenvalue weighted by Crippen LogP contribution is 2.67. The van der Waals surface area contributed by atoms with Gasteiger partial charge in [0, 0.05) is 18.9 Å². The fraction of sp³-hybridized carbons (Fsp3) is 0.875. The third kappa shape index (κ3) is 2.82. The highest BCUT2D eigenvalue weighted by molar-refractivity contribution is 5.09. The van der Waals surface area contributed by atoms with E-state index >= 15 is 0 Å². The molecule has 1 aromatic rings. The van der Waals surface area contributed by atoms with Gasteiger partial charge in [-0.2, -0.15) is 5.10 Å². The molecule has 4 fully saturated rings. The van der Waals surface area contributed by atoms with Gasteiger partial charge < -0.3 is 5.11 Å². The Labute approximate surface area is 164 Å². The maximum absolute atomic E-state index is 10.2. The van der Waals surface area contributed by atoms with Crippen LogP contribution in [0.5, 0.6) is 0 Å². The number of rotatable bonds is 3. The van der Waals surface area contributed by atoms with Crippen LogP contribution in [-0.2, 0) is 6.54 Å². The van der Waals surface area contributed by atoms with Gasteiger partial charge in [0.25, 0.3) is 0 Å². The van der Waals surface area contributed by atoms with Gasteiger partial charge in [0.2, 0.25) is 0 Å². The molecule has 0 spiro atoms. The number of aromatic nitrogens is 2. The van der Waals surface area contributed by atoms with E-state index in [0.29, 0.717) is 10.8 Å². The fourth-order valence-corrected chi connectivity index (χ4v) is 8.54. The Morgan fingerprint density at radius 1 is 1.00 bits per heavy atom. The van der Waals surface area contributed by atoms with Crippen LogP contribution in [0.4, 0.5) is 0 Å². The minimum absolute atomic E-state index is 0.0216. The van der Waals surface area contributed by atoms with E-state index in [-0.39, 0.29) is 6.10 Å². The minimum atomic E-state index is -0.0216. The molecule has 0 aromatic carbocycles. The monoisotopic (exact) mass is 370 g/mol. The first-order valence-electron chi connectivity index (χ1n) is 11.7. The summed E-state index contributed by atoms with van der Waals surface area (Å²) in [6.45, 7) is 6.34. The Morgan fingerprint density at radius 3 is 2.63 bits per heavy atom. The Morgan fingerprint density at radius 2 is 1.81 bits per heavy atom. The lowest BCUT2D eigenvalue weighted by atomic mass is 9.44. The molecule has 0 aliphatic heterocycles. The van der Waals surface area contributed by atoms with Crippen LogP contribution < -0.4 is 0 Å². The predicted molar refractivity (Wildman–Crippen MR) is 108 cm³/mol.